The van der Waals surface area contributed by atoms with Gasteiger partial charge in [-0.3, -0.25) is 4.79 Å². The van der Waals surface area contributed by atoms with Gasteiger partial charge < -0.3 is 15.1 Å². The first-order chi connectivity index (χ1) is 9.65. The van der Waals surface area contributed by atoms with Crippen molar-refractivity contribution in [2.45, 2.75) is 32.4 Å². The first-order valence-corrected chi connectivity index (χ1v) is 6.84. The number of nitrogens with two attached hydrogens (primary N) is 1. The van der Waals surface area contributed by atoms with E-state index in [1.165, 1.54) is 0 Å². The number of nitrogens with zero attached hydrogens (tertiary/aromatic N) is 1. The highest BCUT2D eigenvalue weighted by Gasteiger charge is 2.33. The Hall–Kier alpha value is -2.23. The highest BCUT2D eigenvalue weighted by Crippen LogP contribution is 2.30. The molecule has 1 saturated carbocycles. The van der Waals surface area contributed by atoms with Crippen molar-refractivity contribution in [2.75, 3.05) is 5.73 Å². The van der Waals surface area contributed by atoms with Crippen LogP contribution in [0.15, 0.2) is 41.0 Å². The number of aryl methyl sites for hydroxylation is 1. The van der Waals surface area contributed by atoms with Crippen molar-refractivity contribution < 1.29 is 9.21 Å². The van der Waals surface area contributed by atoms with Crippen LogP contribution in [0.5, 0.6) is 0 Å². The normalized spacial score (nSPS) is 14.2. The van der Waals surface area contributed by atoms with Gasteiger partial charge in [0.15, 0.2) is 0 Å². The van der Waals surface area contributed by atoms with E-state index in [1.54, 1.807) is 12.3 Å². The van der Waals surface area contributed by atoms with Crippen LogP contribution in [0, 0.1) is 6.92 Å². The maximum Gasteiger partial charge on any atom is 0.254 e. The number of nitrogen functional groups attached to an aromatic ring is 1. The third kappa shape index (κ3) is 2.54. The van der Waals surface area contributed by atoms with Crippen molar-refractivity contribution in [3.8, 4) is 0 Å². The lowest BCUT2D eigenvalue weighted by Crippen LogP contribution is -2.32. The summed E-state index contributed by atoms with van der Waals surface area (Å²) < 4.78 is 5.35. The van der Waals surface area contributed by atoms with Gasteiger partial charge in [0, 0.05) is 17.3 Å². The Morgan fingerprint density at radius 2 is 2.20 bits per heavy atom. The van der Waals surface area contributed by atoms with E-state index in [2.05, 4.69) is 0 Å². The van der Waals surface area contributed by atoms with Crippen LogP contribution < -0.4 is 5.73 Å². The molecule has 104 valence electrons. The molecule has 2 aromatic rings. The Bertz CT molecular complexity index is 615. The zero-order valence-electron chi connectivity index (χ0n) is 11.5. The Morgan fingerprint density at radius 3 is 2.80 bits per heavy atom. The molecule has 20 heavy (non-hydrogen) atoms. The number of rotatable bonds is 4. The molecule has 1 aromatic heterocycles. The molecule has 0 unspecified atom stereocenters. The van der Waals surface area contributed by atoms with E-state index in [0.29, 0.717) is 23.8 Å². The predicted octanol–water partition coefficient (Wildman–Crippen LogP) is 2.98. The Balaban J connectivity index is 1.83. The zero-order valence-corrected chi connectivity index (χ0v) is 11.5. The summed E-state index contributed by atoms with van der Waals surface area (Å²) in [5.41, 5.74) is 8.19. The van der Waals surface area contributed by atoms with Gasteiger partial charge >= 0.3 is 0 Å². The van der Waals surface area contributed by atoms with Gasteiger partial charge in [-0.25, -0.2) is 0 Å². The molecule has 0 radical (unpaired) electrons. The summed E-state index contributed by atoms with van der Waals surface area (Å²) in [5.74, 6) is 0.834. The van der Waals surface area contributed by atoms with Crippen LogP contribution in [0.4, 0.5) is 5.69 Å². The molecule has 4 heteroatoms. The van der Waals surface area contributed by atoms with Crippen LogP contribution in [-0.4, -0.2) is 16.8 Å². The SMILES string of the molecule is Cc1ccc(C(=O)N(Cc2ccco2)C2CC2)cc1N. The second kappa shape index (κ2) is 5.04. The molecule has 1 heterocycles. The molecular formula is C16H18N2O2. The highest BCUT2D eigenvalue weighted by atomic mass is 16.3. The Labute approximate surface area is 118 Å². The zero-order chi connectivity index (χ0) is 14.1. The monoisotopic (exact) mass is 270 g/mol. The van der Waals surface area contributed by atoms with Gasteiger partial charge in [-0.2, -0.15) is 0 Å². The van der Waals surface area contributed by atoms with Crippen molar-refractivity contribution in [2.24, 2.45) is 0 Å². The fourth-order valence-electron chi connectivity index (χ4n) is 2.26. The second-order valence-corrected chi connectivity index (χ2v) is 5.31. The van der Waals surface area contributed by atoms with E-state index in [4.69, 9.17) is 10.2 Å². The van der Waals surface area contributed by atoms with E-state index < -0.39 is 0 Å². The molecule has 1 fully saturated rings. The van der Waals surface area contributed by atoms with E-state index in [1.807, 2.05) is 36.1 Å². The summed E-state index contributed by atoms with van der Waals surface area (Å²) in [7, 11) is 0. The van der Waals surface area contributed by atoms with Gasteiger partial charge in [0.1, 0.15) is 5.76 Å². The summed E-state index contributed by atoms with van der Waals surface area (Å²) in [5, 5.41) is 0. The minimum atomic E-state index is 0.0237. The van der Waals surface area contributed by atoms with Gasteiger partial charge in [0.25, 0.3) is 5.91 Å². The van der Waals surface area contributed by atoms with Crippen molar-refractivity contribution in [1.29, 1.82) is 0 Å². The van der Waals surface area contributed by atoms with E-state index in [9.17, 15) is 4.79 Å². The third-order valence-corrected chi connectivity index (χ3v) is 3.68. The predicted molar refractivity (Wildman–Crippen MR) is 77.2 cm³/mol. The van der Waals surface area contributed by atoms with Crippen LogP contribution >= 0.6 is 0 Å². The number of carbonyl (C=O) groups excluding carboxylic acids is 1. The van der Waals surface area contributed by atoms with E-state index in [0.717, 1.165) is 24.2 Å². The molecule has 3 rings (SSSR count). The van der Waals surface area contributed by atoms with E-state index >= 15 is 0 Å². The molecule has 1 aliphatic carbocycles. The quantitative estimate of drug-likeness (QED) is 0.869. The topological polar surface area (TPSA) is 59.5 Å². The largest absolute Gasteiger partial charge is 0.467 e. The minimum absolute atomic E-state index is 0.0237. The number of anilines is 1. The average molecular weight is 270 g/mol. The maximum atomic E-state index is 12.6. The molecule has 4 nitrogen and oxygen atoms in total. The molecule has 1 amide bonds. The van der Waals surface area contributed by atoms with Gasteiger partial charge in [-0.05, 0) is 49.6 Å². The van der Waals surface area contributed by atoms with Crippen molar-refractivity contribution in [1.82, 2.24) is 4.90 Å². The number of benzene rings is 1. The number of hydrogen-bond acceptors (Lipinski definition) is 3. The number of hydrogen-bond donors (Lipinski definition) is 1. The fourth-order valence-corrected chi connectivity index (χ4v) is 2.26. The van der Waals surface area contributed by atoms with Gasteiger partial charge in [0.2, 0.25) is 0 Å². The van der Waals surface area contributed by atoms with Crippen molar-refractivity contribution >= 4 is 11.6 Å². The molecule has 1 aromatic carbocycles. The standard InChI is InChI=1S/C16H18N2O2/c1-11-4-5-12(9-15(11)17)16(19)18(13-6-7-13)10-14-3-2-8-20-14/h2-5,8-9,13H,6-7,10,17H2,1H3. The van der Waals surface area contributed by atoms with Gasteiger partial charge in [-0.15, -0.1) is 0 Å². The van der Waals surface area contributed by atoms with Crippen molar-refractivity contribution in [3.05, 3.63) is 53.5 Å². The summed E-state index contributed by atoms with van der Waals surface area (Å²) in [6.07, 6.45) is 3.76. The van der Waals surface area contributed by atoms with Crippen LogP contribution in [0.3, 0.4) is 0 Å². The van der Waals surface area contributed by atoms with Crippen LogP contribution in [0.1, 0.15) is 34.5 Å². The number of carbonyl (C=O) groups is 1. The second-order valence-electron chi connectivity index (χ2n) is 5.31. The average Bonchev–Trinajstić information content (AvgIpc) is 3.15. The summed E-state index contributed by atoms with van der Waals surface area (Å²) in [6.45, 7) is 2.45. The molecule has 2 N–H and O–H groups in total. The first-order valence-electron chi connectivity index (χ1n) is 6.84. The summed E-state index contributed by atoms with van der Waals surface area (Å²) in [6, 6.07) is 9.55. The molecule has 0 spiro atoms. The highest BCUT2D eigenvalue weighted by molar-refractivity contribution is 5.95. The van der Waals surface area contributed by atoms with Gasteiger partial charge in [0.05, 0.1) is 12.8 Å². The van der Waals surface area contributed by atoms with Crippen LogP contribution in [0.25, 0.3) is 0 Å². The molecule has 0 bridgehead atoms. The first kappa shape index (κ1) is 12.8. The summed E-state index contributed by atoms with van der Waals surface area (Å²) in [4.78, 5) is 14.5. The lowest BCUT2D eigenvalue weighted by atomic mass is 10.1. The van der Waals surface area contributed by atoms with E-state index in [-0.39, 0.29) is 5.91 Å². The van der Waals surface area contributed by atoms with Crippen LogP contribution in [-0.2, 0) is 6.54 Å². The molecule has 1 aliphatic rings. The number of amides is 1. The van der Waals surface area contributed by atoms with Crippen molar-refractivity contribution in [3.63, 3.8) is 0 Å². The summed E-state index contributed by atoms with van der Waals surface area (Å²) >= 11 is 0. The molecular weight excluding hydrogens is 252 g/mol. The van der Waals surface area contributed by atoms with Crippen LogP contribution in [0.2, 0.25) is 0 Å². The number of furan rings is 1. The molecule has 0 atom stereocenters. The Morgan fingerprint density at radius 1 is 1.40 bits per heavy atom. The maximum absolute atomic E-state index is 12.6. The Kier molecular flexibility index (Phi) is 3.22. The molecule has 0 saturated heterocycles. The smallest absolute Gasteiger partial charge is 0.254 e. The third-order valence-electron chi connectivity index (χ3n) is 3.68. The molecule has 0 aliphatic heterocycles. The lowest BCUT2D eigenvalue weighted by Gasteiger charge is -2.21. The minimum Gasteiger partial charge on any atom is -0.467 e. The van der Waals surface area contributed by atoms with Gasteiger partial charge in [-0.1, -0.05) is 6.07 Å². The fraction of sp³-hybridized carbons (Fsp3) is 0.312. The lowest BCUT2D eigenvalue weighted by molar-refractivity contribution is 0.0717.